The van der Waals surface area contributed by atoms with Crippen LogP contribution in [0.3, 0.4) is 0 Å². The molecule has 0 saturated heterocycles. The first-order chi connectivity index (χ1) is 15.9. The molecular weight excluding hydrogens is 433 g/mol. The lowest BCUT2D eigenvalue weighted by atomic mass is 10.1. The third-order valence-electron chi connectivity index (χ3n) is 5.23. The van der Waals surface area contributed by atoms with Gasteiger partial charge in [0, 0.05) is 17.8 Å². The lowest BCUT2D eigenvalue weighted by Crippen LogP contribution is -2.27. The molecule has 1 aliphatic rings. The molecule has 2 heterocycles. The lowest BCUT2D eigenvalue weighted by molar-refractivity contribution is -0.145. The van der Waals surface area contributed by atoms with Gasteiger partial charge in [-0.3, -0.25) is 5.32 Å². The zero-order chi connectivity index (χ0) is 23.4. The molecule has 1 aliphatic carbocycles. The molecule has 0 bridgehead atoms. The molecule has 10 heteroatoms. The van der Waals surface area contributed by atoms with E-state index in [2.05, 4.69) is 15.5 Å². The highest BCUT2D eigenvalue weighted by molar-refractivity contribution is 5.88. The summed E-state index contributed by atoms with van der Waals surface area (Å²) >= 11 is 0. The third-order valence-corrected chi connectivity index (χ3v) is 5.23. The van der Waals surface area contributed by atoms with Crippen LogP contribution in [0.2, 0.25) is 0 Å². The van der Waals surface area contributed by atoms with Crippen LogP contribution in [0.5, 0.6) is 5.88 Å². The SMILES string of the molecule is CC(OC(=O)Nc1onc(F)c1-c1ccc(OC(CC2CC2)C(=O)O)nc1)c1ccccc1. The van der Waals surface area contributed by atoms with Crippen LogP contribution >= 0.6 is 0 Å². The molecule has 2 aromatic heterocycles. The highest BCUT2D eigenvalue weighted by atomic mass is 19.1. The summed E-state index contributed by atoms with van der Waals surface area (Å²) in [5, 5.41) is 15.0. The van der Waals surface area contributed by atoms with Gasteiger partial charge in [-0.2, -0.15) is 4.39 Å². The molecule has 1 fully saturated rings. The van der Waals surface area contributed by atoms with E-state index in [1.54, 1.807) is 6.92 Å². The van der Waals surface area contributed by atoms with Crippen molar-refractivity contribution in [3.05, 3.63) is 60.2 Å². The Labute approximate surface area is 188 Å². The van der Waals surface area contributed by atoms with E-state index in [1.807, 2.05) is 30.3 Å². The Bertz CT molecular complexity index is 1110. The van der Waals surface area contributed by atoms with E-state index >= 15 is 0 Å². The van der Waals surface area contributed by atoms with Crippen LogP contribution < -0.4 is 10.1 Å². The van der Waals surface area contributed by atoms with Crippen molar-refractivity contribution in [2.75, 3.05) is 5.32 Å². The quantitative estimate of drug-likeness (QED) is 0.471. The van der Waals surface area contributed by atoms with E-state index < -0.39 is 30.2 Å². The van der Waals surface area contributed by atoms with Gasteiger partial charge in [0.05, 0.1) is 0 Å². The molecule has 0 aliphatic heterocycles. The molecule has 4 rings (SSSR count). The number of carboxylic acids is 1. The van der Waals surface area contributed by atoms with Crippen molar-refractivity contribution in [3.8, 4) is 17.0 Å². The van der Waals surface area contributed by atoms with Crippen LogP contribution in [0.4, 0.5) is 15.1 Å². The molecule has 2 N–H and O–H groups in total. The standard InChI is InChI=1S/C23H22FN3O6/c1-13(15-5-3-2-4-6-15)31-23(30)26-21-19(20(24)27-33-21)16-9-10-18(25-12-16)32-17(22(28)29)11-14-7-8-14/h2-6,9-10,12-14,17H,7-8,11H2,1H3,(H,26,30)(H,28,29). The molecule has 0 spiro atoms. The molecular formula is C23H22FN3O6. The Hall–Kier alpha value is -3.95. The Morgan fingerprint density at radius 3 is 2.64 bits per heavy atom. The minimum Gasteiger partial charge on any atom is -0.479 e. The number of carbonyl (C=O) groups is 2. The van der Waals surface area contributed by atoms with Crippen molar-refractivity contribution >= 4 is 17.9 Å². The van der Waals surface area contributed by atoms with Crippen molar-refractivity contribution < 1.29 is 33.1 Å². The van der Waals surface area contributed by atoms with Gasteiger partial charge in [-0.15, -0.1) is 0 Å². The van der Waals surface area contributed by atoms with Gasteiger partial charge in [0.1, 0.15) is 11.7 Å². The molecule has 2 unspecified atom stereocenters. The van der Waals surface area contributed by atoms with Crippen LogP contribution in [0.1, 0.15) is 37.9 Å². The smallest absolute Gasteiger partial charge is 0.414 e. The fourth-order valence-electron chi connectivity index (χ4n) is 3.28. The monoisotopic (exact) mass is 455 g/mol. The zero-order valence-corrected chi connectivity index (χ0v) is 17.7. The summed E-state index contributed by atoms with van der Waals surface area (Å²) in [6.07, 6.45) is 1.30. The average Bonchev–Trinajstić information content (AvgIpc) is 3.55. The van der Waals surface area contributed by atoms with Crippen LogP contribution in [-0.2, 0) is 9.53 Å². The van der Waals surface area contributed by atoms with E-state index in [0.717, 1.165) is 18.4 Å². The van der Waals surface area contributed by atoms with E-state index in [-0.39, 0.29) is 22.9 Å². The average molecular weight is 455 g/mol. The van der Waals surface area contributed by atoms with Gasteiger partial charge in [0.25, 0.3) is 5.95 Å². The molecule has 33 heavy (non-hydrogen) atoms. The maximum atomic E-state index is 14.3. The number of carboxylic acid groups (broad SMARTS) is 1. The van der Waals surface area contributed by atoms with Crippen LogP contribution in [0.25, 0.3) is 11.1 Å². The first kappa shape index (κ1) is 22.3. The highest BCUT2D eigenvalue weighted by Crippen LogP contribution is 2.35. The molecule has 0 radical (unpaired) electrons. The summed E-state index contributed by atoms with van der Waals surface area (Å²) in [5.41, 5.74) is 0.922. The zero-order valence-electron chi connectivity index (χ0n) is 17.7. The second-order valence-corrected chi connectivity index (χ2v) is 7.77. The van der Waals surface area contributed by atoms with Crippen molar-refractivity contribution in [1.82, 2.24) is 10.1 Å². The minimum atomic E-state index is -1.06. The Balaban J connectivity index is 1.43. The number of aromatic nitrogens is 2. The van der Waals surface area contributed by atoms with E-state index in [1.165, 1.54) is 18.3 Å². The van der Waals surface area contributed by atoms with Crippen LogP contribution in [0, 0.1) is 11.9 Å². The molecule has 3 aromatic rings. The molecule has 172 valence electrons. The van der Waals surface area contributed by atoms with E-state index in [0.29, 0.717) is 12.3 Å². The van der Waals surface area contributed by atoms with Gasteiger partial charge >= 0.3 is 12.1 Å². The van der Waals surface area contributed by atoms with E-state index in [9.17, 15) is 19.1 Å². The fourth-order valence-corrected chi connectivity index (χ4v) is 3.28. The fraction of sp³-hybridized carbons (Fsp3) is 0.304. The summed E-state index contributed by atoms with van der Waals surface area (Å²) in [7, 11) is 0. The van der Waals surface area contributed by atoms with Gasteiger partial charge < -0.3 is 19.1 Å². The van der Waals surface area contributed by atoms with Gasteiger partial charge in [-0.05, 0) is 36.0 Å². The predicted octanol–water partition coefficient (Wildman–Crippen LogP) is 4.82. The van der Waals surface area contributed by atoms with E-state index in [4.69, 9.17) is 14.0 Å². The number of ether oxygens (including phenoxy) is 2. The predicted molar refractivity (Wildman–Crippen MR) is 114 cm³/mol. The third kappa shape index (κ3) is 5.65. The maximum absolute atomic E-state index is 14.3. The minimum absolute atomic E-state index is 0.0919. The molecule has 9 nitrogen and oxygen atoms in total. The van der Waals surface area contributed by atoms with Gasteiger partial charge in [-0.25, -0.2) is 14.6 Å². The normalized spacial score (nSPS) is 14.8. The summed E-state index contributed by atoms with van der Waals surface area (Å²) in [4.78, 5) is 27.8. The molecule has 1 amide bonds. The van der Waals surface area contributed by atoms with Crippen LogP contribution in [-0.4, -0.2) is 33.4 Å². The van der Waals surface area contributed by atoms with Gasteiger partial charge in [0.15, 0.2) is 6.10 Å². The number of rotatable bonds is 9. The topological polar surface area (TPSA) is 124 Å². The second-order valence-electron chi connectivity index (χ2n) is 7.77. The number of halogens is 1. The Morgan fingerprint density at radius 2 is 2.00 bits per heavy atom. The lowest BCUT2D eigenvalue weighted by Gasteiger charge is -2.14. The molecule has 2 atom stereocenters. The van der Waals surface area contributed by atoms with Crippen molar-refractivity contribution in [1.29, 1.82) is 0 Å². The van der Waals surface area contributed by atoms with Crippen molar-refractivity contribution in [2.45, 2.75) is 38.4 Å². The van der Waals surface area contributed by atoms with Gasteiger partial charge in [0.2, 0.25) is 11.8 Å². The number of carbonyl (C=O) groups excluding carboxylic acids is 1. The number of pyridine rings is 1. The molecule has 1 saturated carbocycles. The number of benzene rings is 1. The Morgan fingerprint density at radius 1 is 1.24 bits per heavy atom. The highest BCUT2D eigenvalue weighted by Gasteiger charge is 2.31. The first-order valence-corrected chi connectivity index (χ1v) is 10.4. The molecule has 1 aromatic carbocycles. The number of nitrogens with one attached hydrogen (secondary N) is 1. The Kier molecular flexibility index (Phi) is 6.53. The second kappa shape index (κ2) is 9.68. The number of aliphatic carboxylic acids is 1. The summed E-state index contributed by atoms with van der Waals surface area (Å²) in [6, 6.07) is 12.0. The summed E-state index contributed by atoms with van der Waals surface area (Å²) in [5.74, 6) is -1.81. The first-order valence-electron chi connectivity index (χ1n) is 10.4. The number of hydrogen-bond acceptors (Lipinski definition) is 7. The van der Waals surface area contributed by atoms with Crippen molar-refractivity contribution in [2.24, 2.45) is 5.92 Å². The number of anilines is 1. The summed E-state index contributed by atoms with van der Waals surface area (Å²) < 4.78 is 30.0. The number of hydrogen-bond donors (Lipinski definition) is 2. The van der Waals surface area contributed by atoms with Crippen molar-refractivity contribution in [3.63, 3.8) is 0 Å². The largest absolute Gasteiger partial charge is 0.479 e. The number of nitrogens with zero attached hydrogens (tertiary/aromatic N) is 2. The summed E-state index contributed by atoms with van der Waals surface area (Å²) in [6.45, 7) is 1.70. The van der Waals surface area contributed by atoms with Crippen LogP contribution in [0.15, 0.2) is 53.2 Å². The van der Waals surface area contributed by atoms with Gasteiger partial charge in [-0.1, -0.05) is 43.2 Å². The maximum Gasteiger partial charge on any atom is 0.414 e. The number of amides is 1.